The van der Waals surface area contributed by atoms with Crippen LogP contribution in [0.4, 0.5) is 0 Å². The smallest absolute Gasteiger partial charge is 0.164 e. The summed E-state index contributed by atoms with van der Waals surface area (Å²) in [4.78, 5) is 0. The Kier molecular flexibility index (Phi) is 6.92. The van der Waals surface area contributed by atoms with Crippen LogP contribution in [-0.4, -0.2) is 29.5 Å². The molecule has 0 aliphatic carbocycles. The van der Waals surface area contributed by atoms with Crippen molar-refractivity contribution in [1.29, 1.82) is 0 Å². The number of aliphatic hydroxyl groups excluding tert-OH is 1. The van der Waals surface area contributed by atoms with Crippen molar-refractivity contribution in [3.63, 3.8) is 0 Å². The maximum Gasteiger partial charge on any atom is 0.164 e. The first-order valence-corrected chi connectivity index (χ1v) is 9.08. The molecule has 0 amide bonds. The van der Waals surface area contributed by atoms with Gasteiger partial charge in [-0.25, -0.2) is 0 Å². The first kappa shape index (κ1) is 20.1. The van der Waals surface area contributed by atoms with E-state index in [0.717, 1.165) is 42.6 Å². The predicted octanol–water partition coefficient (Wildman–Crippen LogP) is 5.01. The lowest BCUT2D eigenvalue weighted by molar-refractivity contribution is 0.128. The van der Waals surface area contributed by atoms with Gasteiger partial charge in [0.05, 0.1) is 13.7 Å². The van der Waals surface area contributed by atoms with E-state index in [-0.39, 0.29) is 18.0 Å². The van der Waals surface area contributed by atoms with Crippen molar-refractivity contribution < 1.29 is 19.7 Å². The third kappa shape index (κ3) is 5.40. The molecular formula is C22H30O4. The van der Waals surface area contributed by atoms with Crippen LogP contribution in [-0.2, 0) is 0 Å². The number of aromatic hydroxyl groups is 1. The molecule has 1 aliphatic heterocycles. The number of hydrogen-bond acceptors (Lipinski definition) is 4. The van der Waals surface area contributed by atoms with Gasteiger partial charge in [-0.1, -0.05) is 29.4 Å². The van der Waals surface area contributed by atoms with E-state index >= 15 is 0 Å². The lowest BCUT2D eigenvalue weighted by atomic mass is 9.94. The van der Waals surface area contributed by atoms with Gasteiger partial charge in [0, 0.05) is 11.6 Å². The number of ether oxygens (including phenoxy) is 2. The summed E-state index contributed by atoms with van der Waals surface area (Å²) in [6.07, 6.45) is 12.2. The Bertz CT molecular complexity index is 715. The van der Waals surface area contributed by atoms with Crippen LogP contribution >= 0.6 is 0 Å². The third-order valence-electron chi connectivity index (χ3n) is 4.68. The van der Waals surface area contributed by atoms with Crippen molar-refractivity contribution >= 4 is 6.08 Å². The highest BCUT2D eigenvalue weighted by Crippen LogP contribution is 2.40. The molecule has 1 aliphatic rings. The minimum absolute atomic E-state index is 0.118. The van der Waals surface area contributed by atoms with E-state index < -0.39 is 0 Å². The van der Waals surface area contributed by atoms with Crippen LogP contribution in [0.15, 0.2) is 41.5 Å². The Morgan fingerprint density at radius 1 is 1.19 bits per heavy atom. The van der Waals surface area contributed by atoms with Crippen molar-refractivity contribution in [2.24, 2.45) is 0 Å². The predicted molar refractivity (Wildman–Crippen MR) is 106 cm³/mol. The minimum Gasteiger partial charge on any atom is -0.504 e. The van der Waals surface area contributed by atoms with E-state index in [1.807, 2.05) is 13.0 Å². The molecule has 1 aromatic carbocycles. The van der Waals surface area contributed by atoms with Crippen LogP contribution in [0.25, 0.3) is 6.08 Å². The molecule has 1 atom stereocenters. The fourth-order valence-electron chi connectivity index (χ4n) is 2.95. The fourth-order valence-corrected chi connectivity index (χ4v) is 2.95. The molecule has 4 nitrogen and oxygen atoms in total. The number of allylic oxidation sites excluding steroid dienone is 3. The number of fused-ring (bicyclic) bond motifs is 1. The molecule has 26 heavy (non-hydrogen) atoms. The molecule has 0 spiro atoms. The summed E-state index contributed by atoms with van der Waals surface area (Å²) in [5.74, 6) is 1.27. The number of methoxy groups -OCH3 is 1. The van der Waals surface area contributed by atoms with Gasteiger partial charge in [-0.2, -0.15) is 0 Å². The van der Waals surface area contributed by atoms with Gasteiger partial charge < -0.3 is 19.7 Å². The average Bonchev–Trinajstić information content (AvgIpc) is 2.61. The molecule has 1 heterocycles. The second kappa shape index (κ2) is 8.95. The third-order valence-corrected chi connectivity index (χ3v) is 4.68. The van der Waals surface area contributed by atoms with Crippen molar-refractivity contribution in [2.75, 3.05) is 13.7 Å². The Balaban J connectivity index is 1.93. The maximum absolute atomic E-state index is 9.88. The number of benzene rings is 1. The van der Waals surface area contributed by atoms with Crippen molar-refractivity contribution in [1.82, 2.24) is 0 Å². The van der Waals surface area contributed by atoms with Gasteiger partial charge in [0.15, 0.2) is 11.5 Å². The number of rotatable bonds is 8. The van der Waals surface area contributed by atoms with Crippen molar-refractivity contribution in [3.05, 3.63) is 47.1 Å². The van der Waals surface area contributed by atoms with Gasteiger partial charge in [-0.3, -0.25) is 0 Å². The zero-order chi connectivity index (χ0) is 19.2. The number of aliphatic hydroxyl groups is 1. The van der Waals surface area contributed by atoms with Crippen LogP contribution in [0.2, 0.25) is 0 Å². The lowest BCUT2D eigenvalue weighted by Crippen LogP contribution is -2.31. The Morgan fingerprint density at radius 2 is 1.92 bits per heavy atom. The van der Waals surface area contributed by atoms with E-state index in [4.69, 9.17) is 14.6 Å². The Labute approximate surface area is 156 Å². The largest absolute Gasteiger partial charge is 0.504 e. The highest BCUT2D eigenvalue weighted by molar-refractivity contribution is 5.65. The molecule has 1 aromatic rings. The van der Waals surface area contributed by atoms with E-state index in [1.54, 1.807) is 12.1 Å². The zero-order valence-electron chi connectivity index (χ0n) is 16.2. The Hall–Kier alpha value is -2.20. The normalized spacial score (nSPS) is 19.9. The van der Waals surface area contributed by atoms with Gasteiger partial charge >= 0.3 is 0 Å². The molecule has 4 heteroatoms. The second-order valence-electron chi connectivity index (χ2n) is 7.15. The quantitative estimate of drug-likeness (QED) is 0.641. The van der Waals surface area contributed by atoms with E-state index in [2.05, 4.69) is 32.1 Å². The molecule has 142 valence electrons. The van der Waals surface area contributed by atoms with Crippen molar-refractivity contribution in [2.45, 2.75) is 52.1 Å². The average molecular weight is 358 g/mol. The summed E-state index contributed by atoms with van der Waals surface area (Å²) in [6.45, 7) is 6.29. The second-order valence-corrected chi connectivity index (χ2v) is 7.15. The molecule has 0 bridgehead atoms. The van der Waals surface area contributed by atoms with E-state index in [9.17, 15) is 5.11 Å². The van der Waals surface area contributed by atoms with Gasteiger partial charge in [0.1, 0.15) is 11.4 Å². The summed E-state index contributed by atoms with van der Waals surface area (Å²) in [5.41, 5.74) is 2.85. The highest BCUT2D eigenvalue weighted by atomic mass is 16.5. The zero-order valence-corrected chi connectivity index (χ0v) is 16.2. The van der Waals surface area contributed by atoms with Gasteiger partial charge in [0.25, 0.3) is 0 Å². The monoisotopic (exact) mass is 358 g/mol. The van der Waals surface area contributed by atoms with Gasteiger partial charge in [0.2, 0.25) is 0 Å². The molecule has 1 unspecified atom stereocenters. The van der Waals surface area contributed by atoms with Crippen LogP contribution in [0.3, 0.4) is 0 Å². The summed E-state index contributed by atoms with van der Waals surface area (Å²) in [5, 5.41) is 18.9. The van der Waals surface area contributed by atoms with Crippen molar-refractivity contribution in [3.8, 4) is 17.2 Å². The number of hydrogen-bond donors (Lipinski definition) is 2. The lowest BCUT2D eigenvalue weighted by Gasteiger charge is -2.31. The SMILES string of the molecule is COc1cc2c(cc1O)C=CC(C)(CC/C=C(\C)CC/C=C(\C)CO)O2. The molecule has 0 aromatic heterocycles. The topological polar surface area (TPSA) is 58.9 Å². The Morgan fingerprint density at radius 3 is 2.62 bits per heavy atom. The van der Waals surface area contributed by atoms with Gasteiger partial charge in [-0.15, -0.1) is 0 Å². The van der Waals surface area contributed by atoms with E-state index in [0.29, 0.717) is 5.75 Å². The van der Waals surface area contributed by atoms with Crippen LogP contribution < -0.4 is 9.47 Å². The highest BCUT2D eigenvalue weighted by Gasteiger charge is 2.27. The molecule has 0 fully saturated rings. The maximum atomic E-state index is 9.88. The number of phenolic OH excluding ortho intramolecular Hbond substituents is 1. The standard InChI is InChI=1S/C22H30O4/c1-16(7-5-8-17(2)15-23)9-6-11-22(3)12-10-18-13-19(24)21(25-4)14-20(18)26-22/h8-10,12-14,23-24H,5-7,11,15H2,1-4H3/b16-9+,17-8+. The fraction of sp³-hybridized carbons (Fsp3) is 0.455. The van der Waals surface area contributed by atoms with Crippen LogP contribution in [0.1, 0.15) is 52.0 Å². The minimum atomic E-state index is -0.376. The molecule has 0 saturated heterocycles. The number of phenols is 1. The van der Waals surface area contributed by atoms with Crippen LogP contribution in [0.5, 0.6) is 17.2 Å². The molecule has 0 saturated carbocycles. The first-order chi connectivity index (χ1) is 12.4. The summed E-state index contributed by atoms with van der Waals surface area (Å²) < 4.78 is 11.4. The summed E-state index contributed by atoms with van der Waals surface area (Å²) in [6, 6.07) is 3.40. The summed E-state index contributed by atoms with van der Waals surface area (Å²) >= 11 is 0. The van der Waals surface area contributed by atoms with E-state index in [1.165, 1.54) is 12.7 Å². The molecule has 2 rings (SSSR count). The molecular weight excluding hydrogens is 328 g/mol. The first-order valence-electron chi connectivity index (χ1n) is 9.08. The van der Waals surface area contributed by atoms with Gasteiger partial charge in [-0.05, 0) is 58.6 Å². The summed E-state index contributed by atoms with van der Waals surface area (Å²) in [7, 11) is 1.53. The molecule has 2 N–H and O–H groups in total. The van der Waals surface area contributed by atoms with Crippen LogP contribution in [0, 0.1) is 0 Å². The molecule has 0 radical (unpaired) electrons.